The quantitative estimate of drug-likeness (QED) is 0.750. The van der Waals surface area contributed by atoms with E-state index in [4.69, 9.17) is 22.1 Å². The lowest BCUT2D eigenvalue weighted by Crippen LogP contribution is -1.97. The summed E-state index contributed by atoms with van der Waals surface area (Å²) in [5, 5.41) is 0.520. The maximum atomic E-state index is 6.08. The summed E-state index contributed by atoms with van der Waals surface area (Å²) in [6.45, 7) is 6.34. The molecule has 0 aliphatic rings. The summed E-state index contributed by atoms with van der Waals surface area (Å²) < 4.78 is 6.06. The van der Waals surface area contributed by atoms with E-state index in [1.165, 1.54) is 5.56 Å². The molecule has 0 saturated carbocycles. The predicted molar refractivity (Wildman–Crippen MR) is 85.8 cm³/mol. The Labute approximate surface area is 125 Å². The Morgan fingerprint density at radius 2 is 1.90 bits per heavy atom. The number of anilines is 1. The number of rotatable bonds is 4. The van der Waals surface area contributed by atoms with E-state index in [-0.39, 0.29) is 0 Å². The van der Waals surface area contributed by atoms with Gasteiger partial charge in [-0.05, 0) is 42.5 Å². The van der Waals surface area contributed by atoms with Crippen LogP contribution in [0.15, 0.2) is 36.4 Å². The van der Waals surface area contributed by atoms with Gasteiger partial charge in [0.15, 0.2) is 0 Å². The highest BCUT2D eigenvalue weighted by atomic mass is 35.5. The second-order valence-electron chi connectivity index (χ2n) is 5.09. The van der Waals surface area contributed by atoms with Crippen molar-refractivity contribution in [1.82, 2.24) is 0 Å². The first kappa shape index (κ1) is 14.7. The van der Waals surface area contributed by atoms with Crippen LogP contribution in [0.1, 0.15) is 37.3 Å². The Morgan fingerprint density at radius 1 is 1.20 bits per heavy atom. The average molecular weight is 290 g/mol. The molecule has 0 aromatic heterocycles. The molecule has 0 aliphatic carbocycles. The van der Waals surface area contributed by atoms with Crippen LogP contribution in [0.5, 0.6) is 11.5 Å². The van der Waals surface area contributed by atoms with Crippen molar-refractivity contribution in [3.63, 3.8) is 0 Å². The van der Waals surface area contributed by atoms with Gasteiger partial charge in [0, 0.05) is 6.07 Å². The topological polar surface area (TPSA) is 35.2 Å². The van der Waals surface area contributed by atoms with Crippen molar-refractivity contribution >= 4 is 17.3 Å². The molecule has 0 bridgehead atoms. The number of aryl methyl sites for hydroxylation is 1. The molecular formula is C17H20ClNO. The van der Waals surface area contributed by atoms with Gasteiger partial charge in [-0.15, -0.1) is 0 Å². The smallest absolute Gasteiger partial charge is 0.131 e. The molecule has 20 heavy (non-hydrogen) atoms. The standard InChI is InChI=1S/C17H20ClNO/c1-4-11(2)13-7-5-6-8-16(13)20-17-10-14(18)15(19)9-12(17)3/h5-11H,4,19H2,1-3H3. The van der Waals surface area contributed by atoms with Crippen molar-refractivity contribution in [2.45, 2.75) is 33.1 Å². The molecule has 0 radical (unpaired) electrons. The second kappa shape index (κ2) is 6.19. The van der Waals surface area contributed by atoms with E-state index in [0.29, 0.717) is 16.6 Å². The highest BCUT2D eigenvalue weighted by molar-refractivity contribution is 6.33. The molecule has 0 aliphatic heterocycles. The summed E-state index contributed by atoms with van der Waals surface area (Å²) in [5.74, 6) is 2.08. The van der Waals surface area contributed by atoms with Gasteiger partial charge in [-0.1, -0.05) is 43.6 Å². The molecule has 2 aromatic rings. The van der Waals surface area contributed by atoms with Crippen LogP contribution < -0.4 is 10.5 Å². The highest BCUT2D eigenvalue weighted by Crippen LogP contribution is 2.35. The van der Waals surface area contributed by atoms with Crippen molar-refractivity contribution in [2.24, 2.45) is 0 Å². The van der Waals surface area contributed by atoms with Gasteiger partial charge in [-0.25, -0.2) is 0 Å². The highest BCUT2D eigenvalue weighted by Gasteiger charge is 2.12. The normalized spacial score (nSPS) is 12.2. The Kier molecular flexibility index (Phi) is 4.56. The zero-order chi connectivity index (χ0) is 14.7. The van der Waals surface area contributed by atoms with Gasteiger partial charge in [0.1, 0.15) is 11.5 Å². The van der Waals surface area contributed by atoms with Gasteiger partial charge in [-0.3, -0.25) is 0 Å². The lowest BCUT2D eigenvalue weighted by atomic mass is 9.98. The average Bonchev–Trinajstić information content (AvgIpc) is 2.44. The summed E-state index contributed by atoms with van der Waals surface area (Å²) >= 11 is 6.08. The molecule has 1 unspecified atom stereocenters. The third-order valence-electron chi connectivity index (χ3n) is 3.58. The van der Waals surface area contributed by atoms with Crippen molar-refractivity contribution in [1.29, 1.82) is 0 Å². The first-order valence-electron chi connectivity index (χ1n) is 6.85. The minimum atomic E-state index is 0.454. The van der Waals surface area contributed by atoms with Crippen molar-refractivity contribution in [2.75, 3.05) is 5.73 Å². The first-order chi connectivity index (χ1) is 9.52. The van der Waals surface area contributed by atoms with Crippen LogP contribution in [0, 0.1) is 6.92 Å². The molecule has 0 spiro atoms. The number of nitrogen functional groups attached to an aromatic ring is 1. The summed E-state index contributed by atoms with van der Waals surface area (Å²) in [7, 11) is 0. The summed E-state index contributed by atoms with van der Waals surface area (Å²) in [6, 6.07) is 11.7. The monoisotopic (exact) mass is 289 g/mol. The first-order valence-corrected chi connectivity index (χ1v) is 7.23. The summed E-state index contributed by atoms with van der Waals surface area (Å²) in [6.07, 6.45) is 1.07. The Bertz CT molecular complexity index is 610. The Balaban J connectivity index is 2.38. The summed E-state index contributed by atoms with van der Waals surface area (Å²) in [4.78, 5) is 0. The van der Waals surface area contributed by atoms with Crippen LogP contribution in [0.25, 0.3) is 0 Å². The van der Waals surface area contributed by atoms with E-state index in [2.05, 4.69) is 19.9 Å². The van der Waals surface area contributed by atoms with E-state index < -0.39 is 0 Å². The minimum absolute atomic E-state index is 0.454. The van der Waals surface area contributed by atoms with Crippen LogP contribution in [-0.4, -0.2) is 0 Å². The SMILES string of the molecule is CCC(C)c1ccccc1Oc1cc(Cl)c(N)cc1C. The molecular weight excluding hydrogens is 270 g/mol. The van der Waals surface area contributed by atoms with Gasteiger partial charge in [0.05, 0.1) is 10.7 Å². The minimum Gasteiger partial charge on any atom is -0.457 e. The number of hydrogen-bond acceptors (Lipinski definition) is 2. The fourth-order valence-electron chi connectivity index (χ4n) is 2.11. The van der Waals surface area contributed by atoms with E-state index in [1.807, 2.05) is 31.2 Å². The number of benzene rings is 2. The second-order valence-corrected chi connectivity index (χ2v) is 5.50. The molecule has 0 saturated heterocycles. The third-order valence-corrected chi connectivity index (χ3v) is 3.90. The van der Waals surface area contributed by atoms with Gasteiger partial charge in [0.2, 0.25) is 0 Å². The van der Waals surface area contributed by atoms with Crippen molar-refractivity contribution in [3.05, 3.63) is 52.5 Å². The lowest BCUT2D eigenvalue weighted by molar-refractivity contribution is 0.467. The molecule has 2 nitrogen and oxygen atoms in total. The fraction of sp³-hybridized carbons (Fsp3) is 0.294. The lowest BCUT2D eigenvalue weighted by Gasteiger charge is -2.17. The zero-order valence-electron chi connectivity index (χ0n) is 12.1. The van der Waals surface area contributed by atoms with Gasteiger partial charge >= 0.3 is 0 Å². The van der Waals surface area contributed by atoms with Crippen molar-refractivity contribution in [3.8, 4) is 11.5 Å². The van der Waals surface area contributed by atoms with Gasteiger partial charge in [-0.2, -0.15) is 0 Å². The van der Waals surface area contributed by atoms with E-state index in [9.17, 15) is 0 Å². The fourth-order valence-corrected chi connectivity index (χ4v) is 2.27. The van der Waals surface area contributed by atoms with Gasteiger partial charge in [0.25, 0.3) is 0 Å². The maximum absolute atomic E-state index is 6.08. The van der Waals surface area contributed by atoms with Gasteiger partial charge < -0.3 is 10.5 Å². The molecule has 2 N–H and O–H groups in total. The summed E-state index contributed by atoms with van der Waals surface area (Å²) in [5.41, 5.74) is 8.56. The Morgan fingerprint density at radius 3 is 2.60 bits per heavy atom. The van der Waals surface area contributed by atoms with E-state index in [1.54, 1.807) is 6.07 Å². The third kappa shape index (κ3) is 3.07. The molecule has 106 valence electrons. The predicted octanol–water partition coefficient (Wildman–Crippen LogP) is 5.54. The van der Waals surface area contributed by atoms with Crippen molar-refractivity contribution < 1.29 is 4.74 Å². The van der Waals surface area contributed by atoms with Crippen LogP contribution >= 0.6 is 11.6 Å². The van der Waals surface area contributed by atoms with E-state index >= 15 is 0 Å². The molecule has 0 fully saturated rings. The van der Waals surface area contributed by atoms with Crippen LogP contribution in [-0.2, 0) is 0 Å². The number of para-hydroxylation sites is 1. The number of halogens is 1. The zero-order valence-corrected chi connectivity index (χ0v) is 12.9. The molecule has 0 amide bonds. The van der Waals surface area contributed by atoms with Crippen LogP contribution in [0.2, 0.25) is 5.02 Å². The number of hydrogen-bond donors (Lipinski definition) is 1. The van der Waals surface area contributed by atoms with Crippen LogP contribution in [0.4, 0.5) is 5.69 Å². The van der Waals surface area contributed by atoms with Crippen LogP contribution in [0.3, 0.4) is 0 Å². The molecule has 2 aromatic carbocycles. The number of nitrogens with two attached hydrogens (primary N) is 1. The maximum Gasteiger partial charge on any atom is 0.131 e. The molecule has 2 rings (SSSR count). The number of ether oxygens (including phenoxy) is 1. The molecule has 0 heterocycles. The molecule has 3 heteroatoms. The Hall–Kier alpha value is -1.67. The molecule has 1 atom stereocenters. The van der Waals surface area contributed by atoms with E-state index in [0.717, 1.165) is 23.5 Å². The largest absolute Gasteiger partial charge is 0.457 e.